The first-order chi connectivity index (χ1) is 7.34. The van der Waals surface area contributed by atoms with Crippen molar-refractivity contribution in [3.63, 3.8) is 0 Å². The van der Waals surface area contributed by atoms with Crippen LogP contribution >= 0.6 is 11.6 Å². The van der Waals surface area contributed by atoms with Crippen LogP contribution in [0.1, 0.15) is 6.92 Å². The van der Waals surface area contributed by atoms with E-state index >= 15 is 0 Å². The Morgan fingerprint density at radius 1 is 1.38 bits per heavy atom. The summed E-state index contributed by atoms with van der Waals surface area (Å²) >= 11 is 5.47. The highest BCUT2D eigenvalue weighted by atomic mass is 35.5. The van der Waals surface area contributed by atoms with Crippen molar-refractivity contribution in [1.29, 1.82) is 0 Å². The summed E-state index contributed by atoms with van der Waals surface area (Å²) in [4.78, 5) is 0. The Morgan fingerprint density at radius 3 is 2.44 bits per heavy atom. The molecule has 0 aromatic heterocycles. The lowest BCUT2D eigenvalue weighted by Gasteiger charge is -2.14. The van der Waals surface area contributed by atoms with E-state index in [2.05, 4.69) is 0 Å². The lowest BCUT2D eigenvalue weighted by Crippen LogP contribution is -2.19. The van der Waals surface area contributed by atoms with E-state index in [1.807, 2.05) is 5.32 Å². The number of benzene rings is 1. The van der Waals surface area contributed by atoms with Crippen LogP contribution in [0.15, 0.2) is 30.0 Å². The Kier molecular flexibility index (Phi) is 3.80. The van der Waals surface area contributed by atoms with Gasteiger partial charge in [-0.25, -0.2) is 4.39 Å². The van der Waals surface area contributed by atoms with Crippen LogP contribution in [-0.4, -0.2) is 6.18 Å². The van der Waals surface area contributed by atoms with Crippen molar-refractivity contribution in [2.24, 2.45) is 0 Å². The molecule has 0 radical (unpaired) electrons. The van der Waals surface area contributed by atoms with E-state index < -0.39 is 17.7 Å². The Hall–Kier alpha value is -1.23. The Morgan fingerprint density at radius 2 is 2.00 bits per heavy atom. The van der Waals surface area contributed by atoms with Crippen molar-refractivity contribution in [2.45, 2.75) is 13.1 Å². The predicted octanol–water partition coefficient (Wildman–Crippen LogP) is 4.36. The molecule has 0 saturated carbocycles. The molecule has 88 valence electrons. The zero-order valence-corrected chi connectivity index (χ0v) is 8.96. The molecule has 6 heteroatoms. The van der Waals surface area contributed by atoms with E-state index in [1.165, 1.54) is 13.0 Å². The average molecular weight is 254 g/mol. The van der Waals surface area contributed by atoms with Crippen molar-refractivity contribution in [1.82, 2.24) is 0 Å². The molecule has 0 aliphatic carbocycles. The maximum Gasteiger partial charge on any atom is 0.430 e. The van der Waals surface area contributed by atoms with Crippen LogP contribution in [0.3, 0.4) is 0 Å². The molecular formula is C10H8ClF4N. The van der Waals surface area contributed by atoms with Crippen LogP contribution in [-0.2, 0) is 0 Å². The quantitative estimate of drug-likeness (QED) is 0.773. The second kappa shape index (κ2) is 4.74. The van der Waals surface area contributed by atoms with Crippen molar-refractivity contribution in [3.05, 3.63) is 40.8 Å². The zero-order valence-electron chi connectivity index (χ0n) is 8.20. The number of hydrogen-bond donors (Lipinski definition) is 1. The van der Waals surface area contributed by atoms with E-state index in [1.54, 1.807) is 0 Å². The summed E-state index contributed by atoms with van der Waals surface area (Å²) in [6.45, 7) is 1.21. The largest absolute Gasteiger partial charge is 0.430 e. The van der Waals surface area contributed by atoms with Gasteiger partial charge in [-0.2, -0.15) is 13.2 Å². The van der Waals surface area contributed by atoms with Crippen LogP contribution in [0.2, 0.25) is 5.02 Å². The van der Waals surface area contributed by atoms with Crippen LogP contribution in [0.5, 0.6) is 0 Å². The van der Waals surface area contributed by atoms with Crippen LogP contribution in [0, 0.1) is 5.82 Å². The maximum atomic E-state index is 13.2. The van der Waals surface area contributed by atoms with Gasteiger partial charge in [-0.05, 0) is 25.1 Å². The Labute approximate surface area is 94.7 Å². The van der Waals surface area contributed by atoms with Gasteiger partial charge in [-0.3, -0.25) is 0 Å². The normalized spacial score (nSPS) is 12.8. The summed E-state index contributed by atoms with van der Waals surface area (Å²) in [5, 5.41) is 2.09. The Bertz CT molecular complexity index is 412. The molecule has 0 aliphatic heterocycles. The fourth-order valence-electron chi connectivity index (χ4n) is 1.04. The van der Waals surface area contributed by atoms with Gasteiger partial charge in [0.2, 0.25) is 0 Å². The maximum absolute atomic E-state index is 13.2. The standard InChI is InChI=1S/C10H8ClF4N/c1-2-9(10(13,14)15)16-8-4-3-6(11)5-7(8)12/h2-5,16H,1H3/b9-2-. The molecule has 0 aliphatic rings. The number of alkyl halides is 3. The number of halogens is 5. The number of rotatable bonds is 2. The second-order valence-electron chi connectivity index (χ2n) is 2.95. The molecule has 1 N–H and O–H groups in total. The molecule has 16 heavy (non-hydrogen) atoms. The third kappa shape index (κ3) is 3.13. The molecule has 0 amide bonds. The number of nitrogens with one attached hydrogen (secondary N) is 1. The second-order valence-corrected chi connectivity index (χ2v) is 3.39. The van der Waals surface area contributed by atoms with Crippen LogP contribution in [0.4, 0.5) is 23.2 Å². The summed E-state index contributed by atoms with van der Waals surface area (Å²) in [6, 6.07) is 3.39. The molecule has 0 heterocycles. The van der Waals surface area contributed by atoms with Gasteiger partial charge in [0.1, 0.15) is 11.5 Å². The lowest BCUT2D eigenvalue weighted by atomic mass is 10.3. The summed E-state index contributed by atoms with van der Waals surface area (Å²) in [5.41, 5.74) is -1.29. The molecule has 0 bridgehead atoms. The van der Waals surface area contributed by atoms with Crippen LogP contribution in [0.25, 0.3) is 0 Å². The van der Waals surface area contributed by atoms with E-state index in [0.29, 0.717) is 0 Å². The summed E-state index contributed by atoms with van der Waals surface area (Å²) in [6.07, 6.45) is -3.71. The predicted molar refractivity (Wildman–Crippen MR) is 54.8 cm³/mol. The topological polar surface area (TPSA) is 12.0 Å². The fourth-order valence-corrected chi connectivity index (χ4v) is 1.20. The van der Waals surface area contributed by atoms with Gasteiger partial charge in [0.05, 0.1) is 5.69 Å². The minimum atomic E-state index is -4.54. The highest BCUT2D eigenvalue weighted by Crippen LogP contribution is 2.28. The van der Waals surface area contributed by atoms with Crippen molar-refractivity contribution in [3.8, 4) is 0 Å². The summed E-state index contributed by atoms with van der Waals surface area (Å²) < 4.78 is 50.2. The molecular weight excluding hydrogens is 246 g/mol. The molecule has 0 atom stereocenters. The zero-order chi connectivity index (χ0) is 12.3. The molecule has 0 unspecified atom stereocenters. The third-order valence-corrected chi connectivity index (χ3v) is 2.03. The van der Waals surface area contributed by atoms with E-state index in [9.17, 15) is 17.6 Å². The smallest absolute Gasteiger partial charge is 0.349 e. The third-order valence-electron chi connectivity index (χ3n) is 1.79. The molecule has 1 aromatic rings. The highest BCUT2D eigenvalue weighted by molar-refractivity contribution is 6.30. The van der Waals surface area contributed by atoms with Gasteiger partial charge in [0.25, 0.3) is 0 Å². The minimum absolute atomic E-state index is 0.122. The van der Waals surface area contributed by atoms with Crippen molar-refractivity contribution >= 4 is 17.3 Å². The van der Waals surface area contributed by atoms with E-state index in [-0.39, 0.29) is 10.7 Å². The average Bonchev–Trinajstić information content (AvgIpc) is 2.14. The first kappa shape index (κ1) is 12.8. The Balaban J connectivity index is 2.96. The fraction of sp³-hybridized carbons (Fsp3) is 0.200. The first-order valence-electron chi connectivity index (χ1n) is 4.30. The number of hydrogen-bond acceptors (Lipinski definition) is 1. The summed E-state index contributed by atoms with van der Waals surface area (Å²) in [7, 11) is 0. The van der Waals surface area contributed by atoms with Crippen molar-refractivity contribution < 1.29 is 17.6 Å². The highest BCUT2D eigenvalue weighted by Gasteiger charge is 2.33. The van der Waals surface area contributed by atoms with Gasteiger partial charge in [-0.1, -0.05) is 17.7 Å². The number of allylic oxidation sites excluding steroid dienone is 2. The molecule has 1 aromatic carbocycles. The molecule has 1 rings (SSSR count). The van der Waals surface area contributed by atoms with Gasteiger partial charge in [-0.15, -0.1) is 0 Å². The van der Waals surface area contributed by atoms with Gasteiger partial charge < -0.3 is 5.32 Å². The number of anilines is 1. The first-order valence-corrected chi connectivity index (χ1v) is 4.68. The molecule has 0 saturated heterocycles. The summed E-state index contributed by atoms with van der Waals surface area (Å²) in [5.74, 6) is -0.837. The van der Waals surface area contributed by atoms with E-state index in [0.717, 1.165) is 18.2 Å². The molecule has 0 spiro atoms. The van der Waals surface area contributed by atoms with Gasteiger partial charge >= 0.3 is 6.18 Å². The van der Waals surface area contributed by atoms with E-state index in [4.69, 9.17) is 11.6 Å². The molecule has 0 fully saturated rings. The van der Waals surface area contributed by atoms with Gasteiger partial charge in [0, 0.05) is 5.02 Å². The minimum Gasteiger partial charge on any atom is -0.349 e. The van der Waals surface area contributed by atoms with Gasteiger partial charge in [0.15, 0.2) is 0 Å². The lowest BCUT2D eigenvalue weighted by molar-refractivity contribution is -0.0903. The molecule has 1 nitrogen and oxygen atoms in total. The van der Waals surface area contributed by atoms with Crippen LogP contribution < -0.4 is 5.32 Å². The van der Waals surface area contributed by atoms with Crippen molar-refractivity contribution in [2.75, 3.05) is 5.32 Å². The SMILES string of the molecule is C/C=C(\Nc1ccc(Cl)cc1F)C(F)(F)F. The monoisotopic (exact) mass is 253 g/mol.